The maximum Gasteiger partial charge on any atom is 0.410 e. The number of carbonyl (C=O) groups is 4. The molecule has 26 heteroatoms. The number of nitrogens with one attached hydrogen (secondary N) is 1. The third kappa shape index (κ3) is 27.2. The number of nitrogens with zero attached hydrogens (tertiary/aromatic N) is 10. The van der Waals surface area contributed by atoms with Gasteiger partial charge in [0.2, 0.25) is 0 Å². The lowest BCUT2D eigenvalue weighted by molar-refractivity contribution is 0.0279. The van der Waals surface area contributed by atoms with Crippen LogP contribution < -0.4 is 39.5 Å². The smallest absolute Gasteiger partial charge is 0.410 e. The first-order valence-electron chi connectivity index (χ1n) is 40.3. The third-order valence-corrected chi connectivity index (χ3v) is 19.7. The van der Waals surface area contributed by atoms with E-state index in [2.05, 4.69) is 82.5 Å². The van der Waals surface area contributed by atoms with E-state index in [0.717, 1.165) is 57.5 Å². The summed E-state index contributed by atoms with van der Waals surface area (Å²) < 4.78 is 59.6. The molecule has 0 radical (unpaired) electrons. The Bertz CT molecular complexity index is 4830. The lowest BCUT2D eigenvalue weighted by Gasteiger charge is -2.24. The van der Waals surface area contributed by atoms with E-state index in [0.29, 0.717) is 128 Å². The molecule has 118 heavy (non-hydrogen) atoms. The minimum atomic E-state index is -1.45. The summed E-state index contributed by atoms with van der Waals surface area (Å²) in [5.41, 5.74) is 22.6. The molecule has 3 fully saturated rings. The van der Waals surface area contributed by atoms with Gasteiger partial charge in [-0.25, -0.2) is 19.1 Å². The maximum absolute atomic E-state index is 14.1. The molecule has 12 rings (SSSR count). The highest BCUT2D eigenvalue weighted by Gasteiger charge is 2.36. The predicted octanol–water partition coefficient (Wildman–Crippen LogP) is 19.9. The summed E-state index contributed by atoms with van der Waals surface area (Å²) in [4.78, 5) is 59.0. The van der Waals surface area contributed by atoms with E-state index in [-0.39, 0.29) is 54.8 Å². The van der Waals surface area contributed by atoms with Gasteiger partial charge < -0.3 is 68.4 Å². The van der Waals surface area contributed by atoms with Crippen molar-refractivity contribution in [3.63, 3.8) is 0 Å². The van der Waals surface area contributed by atoms with Crippen LogP contribution in [0.2, 0.25) is 19.6 Å². The molecule has 3 N–H and O–H groups in total. The fourth-order valence-corrected chi connectivity index (χ4v) is 13.3. The molecule has 3 aliphatic rings. The Hall–Kier alpha value is -11.6. The van der Waals surface area contributed by atoms with Crippen LogP contribution in [0.1, 0.15) is 171 Å². The number of amides is 4. The summed E-state index contributed by atoms with van der Waals surface area (Å²) in [6.45, 7) is 35.7. The van der Waals surface area contributed by atoms with Crippen LogP contribution in [0.3, 0.4) is 0 Å². The quantitative estimate of drug-likeness (QED) is 0.0198. The number of hydrogen-bond donors (Lipinski definition) is 2. The molecule has 3 unspecified atom stereocenters. The first-order chi connectivity index (χ1) is 56.0. The van der Waals surface area contributed by atoms with Crippen LogP contribution in [0.15, 0.2) is 187 Å². The van der Waals surface area contributed by atoms with E-state index in [1.54, 1.807) is 39.7 Å². The predicted molar refractivity (Wildman–Crippen MR) is 463 cm³/mol. The molecule has 0 saturated carbocycles. The number of aromatic nitrogens is 4. The van der Waals surface area contributed by atoms with Crippen LogP contribution in [0.25, 0.3) is 44.1 Å². The van der Waals surface area contributed by atoms with Crippen LogP contribution in [0.4, 0.5) is 14.4 Å². The normalized spacial score (nSPS) is 15.2. The van der Waals surface area contributed by atoms with E-state index < -0.39 is 25.0 Å². The van der Waals surface area contributed by atoms with E-state index in [9.17, 15) is 19.2 Å². The molecule has 0 bridgehead atoms. The van der Waals surface area contributed by atoms with Gasteiger partial charge in [-0.3, -0.25) is 4.79 Å². The zero-order valence-corrected chi connectivity index (χ0v) is 72.8. The highest BCUT2D eigenvalue weighted by Crippen LogP contribution is 2.47. The van der Waals surface area contributed by atoms with Gasteiger partial charge in [-0.2, -0.15) is 0 Å². The summed E-state index contributed by atoms with van der Waals surface area (Å²) in [6, 6.07) is 59.5. The molecule has 3 saturated heterocycles. The maximum atomic E-state index is 14.1. The Morgan fingerprint density at radius 3 is 1.26 bits per heavy atom. The van der Waals surface area contributed by atoms with Crippen LogP contribution in [-0.2, 0) is 40.6 Å². The third-order valence-electron chi connectivity index (χ3n) is 19.0. The Morgan fingerprint density at radius 2 is 0.873 bits per heavy atom. The zero-order chi connectivity index (χ0) is 85.5. The topological polar surface area (TPSA) is 291 Å². The van der Waals surface area contributed by atoms with Gasteiger partial charge in [-0.05, 0) is 184 Å². The van der Waals surface area contributed by atoms with Gasteiger partial charge in [0, 0.05) is 85.7 Å². The number of tetrazole rings is 1. The molecular formula is C92H118N12O13Si. The minimum Gasteiger partial charge on any atom is -0.496 e. The molecule has 628 valence electrons. The monoisotopic (exact) mass is 1630 g/mol. The van der Waals surface area contributed by atoms with Crippen molar-refractivity contribution in [1.29, 1.82) is 0 Å². The summed E-state index contributed by atoms with van der Waals surface area (Å²) in [7, 11) is 1.86. The fraction of sp³-hybridized carbons (Fsp3) is 0.424. The van der Waals surface area contributed by atoms with E-state index in [4.69, 9.17) is 53.9 Å². The molecule has 0 aliphatic carbocycles. The van der Waals surface area contributed by atoms with E-state index >= 15 is 0 Å². The van der Waals surface area contributed by atoms with Crippen molar-refractivity contribution >= 4 is 32.4 Å². The van der Waals surface area contributed by atoms with Crippen molar-refractivity contribution in [3.8, 4) is 68.1 Å². The SMILES string of the molecule is CC(C)(C)OC(=O)N1CCC(N)C1.COc1ccc(C(C)C)cc1-c1cc(-c2nnnn2C2CCN(C(=O)OC(C)(C)C)C2)c(OCc2ccccc2)cc1OCc1ccccc1.COc1ccc(C(C)C)cc1-c1cc(C(=O)NC2CCN(C(=O)OC(C)(C)C)C2)c(OCc2ccccc2)cc1OCc1ccccc1.C[Si](C)(C)N=[N+]=[N-]. The number of benzene rings is 8. The molecular weight excluding hydrogens is 1510 g/mol. The van der Waals surface area contributed by atoms with Gasteiger partial charge in [-0.15, -0.1) is 9.88 Å². The van der Waals surface area contributed by atoms with Crippen LogP contribution in [0, 0.1) is 0 Å². The molecule has 0 spiro atoms. The number of ether oxygens (including phenoxy) is 9. The Morgan fingerprint density at radius 1 is 0.492 bits per heavy atom. The lowest BCUT2D eigenvalue weighted by Crippen LogP contribution is -2.40. The standard InChI is InChI=1S/C40H45N5O5.C40H46N2O6.C9H18N2O2.C3H9N3Si/c1-27(2)30-17-18-35(47-6)32(21-30)33-22-34(38-41-42-43-45(38)31-19-20-44(24-31)39(46)50-40(3,4)5)37(49-26-29-15-11-8-12-16-29)23-36(33)48-25-28-13-9-7-10-14-28;1-27(2)30-17-18-35(45-6)32(21-30)33-22-34(38(43)41-31-19-20-42(24-31)39(44)48-40(3,4)5)37(47-26-29-15-11-8-12-16-29)23-36(33)46-25-28-13-9-7-10-14-28;1-9(2,3)13-8(12)11-5-4-7(10)6-11;1-7(2,3)6-5-4/h7-18,21-23,27,31H,19-20,24-26H2,1-6H3;7-18,21-23,27,31H,19-20,24-26H2,1-6H3,(H,41,43);7H,4-6,10H2,1-3H3;1-3H3. The van der Waals surface area contributed by atoms with Gasteiger partial charge in [0.05, 0.1) is 31.4 Å². The van der Waals surface area contributed by atoms with Gasteiger partial charge in [0.25, 0.3) is 5.91 Å². The van der Waals surface area contributed by atoms with Crippen LogP contribution >= 0.6 is 0 Å². The van der Waals surface area contributed by atoms with Crippen molar-refractivity contribution in [2.75, 3.05) is 53.5 Å². The van der Waals surface area contributed by atoms with Crippen LogP contribution in [-0.4, -0.2) is 150 Å². The van der Waals surface area contributed by atoms with Gasteiger partial charge >= 0.3 is 18.3 Å². The van der Waals surface area contributed by atoms with E-state index in [1.807, 2.05) is 234 Å². The number of rotatable bonds is 23. The molecule has 3 aliphatic heterocycles. The number of methoxy groups -OCH3 is 2. The van der Waals surface area contributed by atoms with Gasteiger partial charge in [0.15, 0.2) is 5.82 Å². The van der Waals surface area contributed by atoms with Crippen molar-refractivity contribution in [1.82, 2.24) is 40.2 Å². The number of likely N-dealkylation sites (tertiary alicyclic amines) is 3. The van der Waals surface area contributed by atoms with E-state index in [1.165, 1.54) is 5.56 Å². The van der Waals surface area contributed by atoms with Crippen molar-refractivity contribution in [2.24, 2.45) is 10.5 Å². The van der Waals surface area contributed by atoms with Crippen molar-refractivity contribution in [3.05, 3.63) is 231 Å². The average Bonchev–Trinajstić information content (AvgIpc) is 1.46. The number of carbonyl (C=O) groups excluding carboxylic acids is 4. The zero-order valence-electron chi connectivity index (χ0n) is 71.8. The second-order valence-corrected chi connectivity index (χ2v) is 38.6. The Kier molecular flexibility index (Phi) is 31.8. The van der Waals surface area contributed by atoms with Gasteiger partial charge in [0.1, 0.15) is 86.0 Å². The number of nitrogens with two attached hydrogens (primary N) is 1. The average molecular weight is 1630 g/mol. The van der Waals surface area contributed by atoms with Gasteiger partial charge in [-0.1, -0.05) is 181 Å². The second-order valence-electron chi connectivity index (χ2n) is 34.1. The fourth-order valence-electron chi connectivity index (χ4n) is 13.0. The molecule has 25 nitrogen and oxygen atoms in total. The molecule has 9 aromatic rings. The summed E-state index contributed by atoms with van der Waals surface area (Å²) >= 11 is 0. The van der Waals surface area contributed by atoms with Crippen LogP contribution in [0.5, 0.6) is 34.5 Å². The highest BCUT2D eigenvalue weighted by atomic mass is 28.3. The second kappa shape index (κ2) is 41.5. The molecule has 4 heterocycles. The Labute approximate surface area is 696 Å². The molecule has 4 amide bonds. The minimum absolute atomic E-state index is 0.118. The Balaban J connectivity index is 0.000000218. The summed E-state index contributed by atoms with van der Waals surface area (Å²) in [5, 5.41) is 16.3. The lowest BCUT2D eigenvalue weighted by atomic mass is 9.94. The molecule has 3 atom stereocenters. The summed E-state index contributed by atoms with van der Waals surface area (Å²) in [6.07, 6.45) is 1.18. The summed E-state index contributed by atoms with van der Waals surface area (Å²) in [5.74, 6) is 4.33. The largest absolute Gasteiger partial charge is 0.496 e. The highest BCUT2D eigenvalue weighted by molar-refractivity contribution is 6.74. The number of hydrogen-bond acceptors (Lipinski definition) is 18. The van der Waals surface area contributed by atoms with Crippen molar-refractivity contribution < 1.29 is 61.8 Å². The van der Waals surface area contributed by atoms with Crippen molar-refractivity contribution in [2.45, 2.75) is 202 Å². The molecule has 8 aromatic carbocycles. The molecule has 1 aromatic heterocycles. The first kappa shape index (κ1) is 90.3. The number of azide groups is 1. The first-order valence-corrected chi connectivity index (χ1v) is 43.7.